The van der Waals surface area contributed by atoms with Gasteiger partial charge >= 0.3 is 0 Å². The normalized spacial score (nSPS) is 21.4. The molecule has 1 aromatic heterocycles. The lowest BCUT2D eigenvalue weighted by atomic mass is 10.0. The minimum absolute atomic E-state index is 0.0870. The number of nitrogens with one attached hydrogen (secondary N) is 1. The van der Waals surface area contributed by atoms with Gasteiger partial charge in [-0.1, -0.05) is 12.1 Å². The number of likely N-dealkylation sites (tertiary alicyclic amines) is 1. The Morgan fingerprint density at radius 2 is 2.15 bits per heavy atom. The van der Waals surface area contributed by atoms with Crippen molar-refractivity contribution in [1.82, 2.24) is 9.88 Å². The molecule has 142 valence electrons. The molecule has 0 aliphatic carbocycles. The van der Waals surface area contributed by atoms with Crippen LogP contribution in [0.1, 0.15) is 35.0 Å². The van der Waals surface area contributed by atoms with Crippen LogP contribution in [-0.2, 0) is 6.42 Å². The van der Waals surface area contributed by atoms with Gasteiger partial charge in [-0.15, -0.1) is 0 Å². The Bertz CT molecular complexity index is 857. The summed E-state index contributed by atoms with van der Waals surface area (Å²) in [7, 11) is 0. The van der Waals surface area contributed by atoms with E-state index < -0.39 is 6.17 Å². The smallest absolute Gasteiger partial charge is 0.273 e. The van der Waals surface area contributed by atoms with Gasteiger partial charge in [0.15, 0.2) is 0 Å². The fraction of sp³-hybridized carbons (Fsp3) is 0.400. The van der Waals surface area contributed by atoms with Gasteiger partial charge in [-0.25, -0.2) is 13.8 Å². The topological polar surface area (TPSA) is 54.5 Å². The number of nitrogens with zero attached hydrogens (tertiary/aromatic N) is 2. The van der Waals surface area contributed by atoms with Crippen molar-refractivity contribution in [3.05, 3.63) is 53.0 Å². The van der Waals surface area contributed by atoms with Crippen LogP contribution < -0.4 is 10.1 Å². The van der Waals surface area contributed by atoms with Gasteiger partial charge in [0, 0.05) is 6.54 Å². The maximum atomic E-state index is 13.6. The number of aromatic nitrogens is 1. The second-order valence-corrected chi connectivity index (χ2v) is 7.15. The predicted octanol–water partition coefficient (Wildman–Crippen LogP) is 3.19. The molecule has 1 fully saturated rings. The summed E-state index contributed by atoms with van der Waals surface area (Å²) in [5.41, 5.74) is 2.57. The number of carbonyl (C=O) groups is 1. The highest BCUT2D eigenvalue weighted by molar-refractivity contribution is 5.95. The zero-order valence-corrected chi connectivity index (χ0v) is 15.0. The van der Waals surface area contributed by atoms with Gasteiger partial charge in [0.2, 0.25) is 5.88 Å². The number of carbonyl (C=O) groups excluding carboxylic acids is 1. The molecule has 5 nitrogen and oxygen atoms in total. The maximum absolute atomic E-state index is 13.6. The van der Waals surface area contributed by atoms with Crippen molar-refractivity contribution < 1.29 is 18.3 Å². The summed E-state index contributed by atoms with van der Waals surface area (Å²) in [6.07, 6.45) is -0.227. The molecule has 1 N–H and O–H groups in total. The standard InChI is InChI=1S/C20H21F2N3O2/c1-12-11-27-19-17(23-12)9-14(8-13-2-4-15(21)5-3-13)18(24-19)20(26)25-7-6-16(22)10-25/h2-5,9,12,16,23H,6-8,10-11H2,1H3. The Labute approximate surface area is 156 Å². The molecule has 27 heavy (non-hydrogen) atoms. The SMILES string of the molecule is CC1COc2nc(C(=O)N3CCC(F)C3)c(Cc3ccc(F)cc3)cc2N1. The summed E-state index contributed by atoms with van der Waals surface area (Å²) in [6.45, 7) is 2.92. The molecule has 1 saturated heterocycles. The van der Waals surface area contributed by atoms with Crippen LogP contribution >= 0.6 is 0 Å². The van der Waals surface area contributed by atoms with E-state index in [1.807, 2.05) is 13.0 Å². The molecular weight excluding hydrogens is 352 g/mol. The molecule has 1 aromatic carbocycles. The van der Waals surface area contributed by atoms with Gasteiger partial charge in [-0.2, -0.15) is 0 Å². The molecular formula is C20H21F2N3O2. The Hall–Kier alpha value is -2.70. The molecule has 2 unspecified atom stereocenters. The summed E-state index contributed by atoms with van der Waals surface area (Å²) in [6, 6.07) is 8.13. The number of anilines is 1. The van der Waals surface area contributed by atoms with Crippen molar-refractivity contribution in [1.29, 1.82) is 0 Å². The van der Waals surface area contributed by atoms with Crippen molar-refractivity contribution in [2.75, 3.05) is 25.0 Å². The van der Waals surface area contributed by atoms with Crippen LogP contribution in [-0.4, -0.2) is 47.7 Å². The van der Waals surface area contributed by atoms with E-state index in [1.165, 1.54) is 17.0 Å². The third-order valence-electron chi connectivity index (χ3n) is 4.87. The number of fused-ring (bicyclic) bond motifs is 1. The number of alkyl halides is 1. The van der Waals surface area contributed by atoms with Crippen LogP contribution in [0.2, 0.25) is 0 Å². The van der Waals surface area contributed by atoms with E-state index >= 15 is 0 Å². The van der Waals surface area contributed by atoms with Gasteiger partial charge in [-0.3, -0.25) is 4.79 Å². The first-order valence-corrected chi connectivity index (χ1v) is 9.10. The number of benzene rings is 1. The Kier molecular flexibility index (Phi) is 4.68. The largest absolute Gasteiger partial charge is 0.474 e. The van der Waals surface area contributed by atoms with E-state index in [0.717, 1.165) is 11.3 Å². The van der Waals surface area contributed by atoms with Crippen molar-refractivity contribution in [3.8, 4) is 5.88 Å². The van der Waals surface area contributed by atoms with Crippen molar-refractivity contribution in [2.45, 2.75) is 32.0 Å². The summed E-state index contributed by atoms with van der Waals surface area (Å²) >= 11 is 0. The molecule has 2 aliphatic heterocycles. The molecule has 0 radical (unpaired) electrons. The van der Waals surface area contributed by atoms with Crippen molar-refractivity contribution in [2.24, 2.45) is 0 Å². The summed E-state index contributed by atoms with van der Waals surface area (Å²) < 4.78 is 32.4. The van der Waals surface area contributed by atoms with Gasteiger partial charge in [-0.05, 0) is 49.1 Å². The second-order valence-electron chi connectivity index (χ2n) is 7.15. The Balaban J connectivity index is 1.71. The first-order chi connectivity index (χ1) is 13.0. The number of halogens is 2. The monoisotopic (exact) mass is 373 g/mol. The van der Waals surface area contributed by atoms with E-state index in [-0.39, 0.29) is 30.0 Å². The molecule has 4 rings (SSSR count). The van der Waals surface area contributed by atoms with E-state index in [2.05, 4.69) is 10.3 Å². The fourth-order valence-corrected chi connectivity index (χ4v) is 3.46. The number of rotatable bonds is 3. The summed E-state index contributed by atoms with van der Waals surface area (Å²) in [5.74, 6) is -0.221. The molecule has 2 atom stereocenters. The van der Waals surface area contributed by atoms with Crippen LogP contribution in [0, 0.1) is 5.82 Å². The van der Waals surface area contributed by atoms with E-state index in [1.54, 1.807) is 12.1 Å². The quantitative estimate of drug-likeness (QED) is 0.898. The van der Waals surface area contributed by atoms with E-state index in [4.69, 9.17) is 4.74 Å². The first kappa shape index (κ1) is 17.7. The molecule has 2 aliphatic rings. The fourth-order valence-electron chi connectivity index (χ4n) is 3.46. The van der Waals surface area contributed by atoms with Gasteiger partial charge < -0.3 is 15.0 Å². The third-order valence-corrected chi connectivity index (χ3v) is 4.87. The number of pyridine rings is 1. The van der Waals surface area contributed by atoms with Gasteiger partial charge in [0.05, 0.1) is 18.3 Å². The van der Waals surface area contributed by atoms with Gasteiger partial charge in [0.1, 0.15) is 24.3 Å². The maximum Gasteiger partial charge on any atom is 0.273 e. The number of amides is 1. The van der Waals surface area contributed by atoms with Crippen LogP contribution in [0.3, 0.4) is 0 Å². The molecule has 2 aromatic rings. The third kappa shape index (κ3) is 3.72. The first-order valence-electron chi connectivity index (χ1n) is 9.10. The molecule has 3 heterocycles. The Morgan fingerprint density at radius 3 is 2.85 bits per heavy atom. The van der Waals surface area contributed by atoms with Crippen LogP contribution in [0.15, 0.2) is 30.3 Å². The highest BCUT2D eigenvalue weighted by atomic mass is 19.1. The van der Waals surface area contributed by atoms with Crippen LogP contribution in [0.25, 0.3) is 0 Å². The number of hydrogen-bond acceptors (Lipinski definition) is 4. The van der Waals surface area contributed by atoms with Crippen molar-refractivity contribution in [3.63, 3.8) is 0 Å². The highest BCUT2D eigenvalue weighted by Crippen LogP contribution is 2.31. The molecule has 1 amide bonds. The summed E-state index contributed by atoms with van der Waals surface area (Å²) in [4.78, 5) is 18.9. The number of ether oxygens (including phenoxy) is 1. The molecule has 0 bridgehead atoms. The minimum atomic E-state index is -0.995. The lowest BCUT2D eigenvalue weighted by Gasteiger charge is -2.26. The van der Waals surface area contributed by atoms with Crippen LogP contribution in [0.4, 0.5) is 14.5 Å². The highest BCUT2D eigenvalue weighted by Gasteiger charge is 2.30. The van der Waals surface area contributed by atoms with E-state index in [9.17, 15) is 13.6 Å². The zero-order chi connectivity index (χ0) is 19.0. The molecule has 7 heteroatoms. The minimum Gasteiger partial charge on any atom is -0.474 e. The lowest BCUT2D eigenvalue weighted by molar-refractivity contribution is 0.0774. The second kappa shape index (κ2) is 7.13. The summed E-state index contributed by atoms with van der Waals surface area (Å²) in [5, 5.41) is 3.31. The zero-order valence-electron chi connectivity index (χ0n) is 15.0. The van der Waals surface area contributed by atoms with E-state index in [0.29, 0.717) is 37.4 Å². The number of hydrogen-bond donors (Lipinski definition) is 1. The molecule has 0 saturated carbocycles. The average molecular weight is 373 g/mol. The predicted molar refractivity (Wildman–Crippen MR) is 97.4 cm³/mol. The lowest BCUT2D eigenvalue weighted by Crippen LogP contribution is -2.33. The van der Waals surface area contributed by atoms with Crippen LogP contribution in [0.5, 0.6) is 5.88 Å². The average Bonchev–Trinajstić information content (AvgIpc) is 3.09. The molecule has 0 spiro atoms. The van der Waals surface area contributed by atoms with Crippen molar-refractivity contribution >= 4 is 11.6 Å². The van der Waals surface area contributed by atoms with Gasteiger partial charge in [0.25, 0.3) is 5.91 Å². The Morgan fingerprint density at radius 1 is 1.37 bits per heavy atom.